The lowest BCUT2D eigenvalue weighted by atomic mass is 9.88. The van der Waals surface area contributed by atoms with E-state index in [0.717, 1.165) is 27.9 Å². The Labute approximate surface area is 149 Å². The fraction of sp³-hybridized carbons (Fsp3) is 0.200. The second kappa shape index (κ2) is 5.11. The number of carbonyl (C=O) groups is 2. The number of furan rings is 1. The van der Waals surface area contributed by atoms with Crippen LogP contribution in [0.15, 0.2) is 58.5 Å². The summed E-state index contributed by atoms with van der Waals surface area (Å²) in [5, 5.41) is 4.49. The molecule has 26 heavy (non-hydrogen) atoms. The third-order valence-electron chi connectivity index (χ3n) is 5.25. The number of nitrogens with one attached hydrogen (secondary N) is 1. The Morgan fingerprint density at radius 2 is 2.12 bits per heavy atom. The molecule has 2 aliphatic heterocycles. The summed E-state index contributed by atoms with van der Waals surface area (Å²) in [5.41, 5.74) is 4.37. The van der Waals surface area contributed by atoms with E-state index in [1.54, 1.807) is 6.26 Å². The standard InChI is InChI=1S/C20H17N3O3/c1-11(24)23-10-14-19(20(23)25)18(16-7-4-8-26-16)12-9-22(2)15-6-3-5-13(21-14)17(12)15/h3-9,18,21H,10H2,1-2H3. The van der Waals surface area contributed by atoms with Crippen molar-refractivity contribution in [3.05, 3.63) is 65.4 Å². The summed E-state index contributed by atoms with van der Waals surface area (Å²) in [4.78, 5) is 26.3. The average Bonchev–Trinajstić information content (AvgIpc) is 3.29. The van der Waals surface area contributed by atoms with Gasteiger partial charge in [-0.1, -0.05) is 6.07 Å². The van der Waals surface area contributed by atoms with E-state index < -0.39 is 0 Å². The fourth-order valence-electron chi connectivity index (χ4n) is 4.12. The van der Waals surface area contributed by atoms with Gasteiger partial charge in [-0.2, -0.15) is 0 Å². The smallest absolute Gasteiger partial charge is 0.259 e. The minimum absolute atomic E-state index is 0.255. The maximum Gasteiger partial charge on any atom is 0.259 e. The SMILES string of the molecule is CC(=O)N1CC2=C(C1=O)C(c1ccco1)c1cn(C)c3cccc(c13)N2. The predicted octanol–water partition coefficient (Wildman–Crippen LogP) is 2.97. The normalized spacial score (nSPS) is 18.9. The van der Waals surface area contributed by atoms with Crippen LogP contribution in [0.3, 0.4) is 0 Å². The summed E-state index contributed by atoms with van der Waals surface area (Å²) in [6.45, 7) is 1.67. The number of anilines is 1. The van der Waals surface area contributed by atoms with E-state index in [1.165, 1.54) is 11.8 Å². The monoisotopic (exact) mass is 347 g/mol. The Morgan fingerprint density at radius 1 is 1.27 bits per heavy atom. The van der Waals surface area contributed by atoms with Gasteiger partial charge in [0.05, 0.1) is 29.8 Å². The van der Waals surface area contributed by atoms with Gasteiger partial charge in [0.2, 0.25) is 5.91 Å². The first-order chi connectivity index (χ1) is 12.6. The Bertz CT molecular complexity index is 1100. The molecular formula is C20H17N3O3. The second-order valence-electron chi connectivity index (χ2n) is 6.77. The van der Waals surface area contributed by atoms with Crippen molar-refractivity contribution in [3.8, 4) is 0 Å². The first-order valence-corrected chi connectivity index (χ1v) is 8.50. The zero-order chi connectivity index (χ0) is 18.0. The van der Waals surface area contributed by atoms with Gasteiger partial charge in [0.25, 0.3) is 5.91 Å². The minimum atomic E-state index is -0.350. The van der Waals surface area contributed by atoms with Crippen LogP contribution < -0.4 is 5.32 Å². The summed E-state index contributed by atoms with van der Waals surface area (Å²) in [6.07, 6.45) is 3.66. The maximum absolute atomic E-state index is 13.1. The van der Waals surface area contributed by atoms with Crippen molar-refractivity contribution in [1.82, 2.24) is 9.47 Å². The topological polar surface area (TPSA) is 67.5 Å². The summed E-state index contributed by atoms with van der Waals surface area (Å²) in [6, 6.07) is 9.75. The van der Waals surface area contributed by atoms with E-state index in [0.29, 0.717) is 11.3 Å². The molecule has 3 aromatic rings. The molecule has 1 unspecified atom stereocenters. The van der Waals surface area contributed by atoms with Crippen LogP contribution in [0, 0.1) is 0 Å². The molecule has 1 atom stereocenters. The van der Waals surface area contributed by atoms with E-state index in [-0.39, 0.29) is 24.3 Å². The van der Waals surface area contributed by atoms with E-state index in [1.807, 2.05) is 37.5 Å². The largest absolute Gasteiger partial charge is 0.468 e. The Kier molecular flexibility index (Phi) is 2.95. The van der Waals surface area contributed by atoms with Crippen LogP contribution in [0.5, 0.6) is 0 Å². The third-order valence-corrected chi connectivity index (χ3v) is 5.25. The Hall–Kier alpha value is -3.28. The minimum Gasteiger partial charge on any atom is -0.468 e. The molecule has 0 saturated carbocycles. The van der Waals surface area contributed by atoms with Gasteiger partial charge in [-0.25, -0.2) is 0 Å². The van der Waals surface area contributed by atoms with Crippen molar-refractivity contribution in [2.45, 2.75) is 12.8 Å². The van der Waals surface area contributed by atoms with Gasteiger partial charge in [-0.15, -0.1) is 0 Å². The summed E-state index contributed by atoms with van der Waals surface area (Å²) >= 11 is 0. The van der Waals surface area contributed by atoms with Gasteiger partial charge < -0.3 is 14.3 Å². The van der Waals surface area contributed by atoms with Crippen molar-refractivity contribution in [1.29, 1.82) is 0 Å². The predicted molar refractivity (Wildman–Crippen MR) is 96.5 cm³/mol. The Morgan fingerprint density at radius 3 is 2.85 bits per heavy atom. The van der Waals surface area contributed by atoms with Gasteiger partial charge >= 0.3 is 0 Å². The first kappa shape index (κ1) is 15.0. The fourth-order valence-corrected chi connectivity index (χ4v) is 4.12. The number of imide groups is 1. The molecule has 6 nitrogen and oxygen atoms in total. The van der Waals surface area contributed by atoms with Crippen molar-refractivity contribution in [2.24, 2.45) is 7.05 Å². The number of nitrogens with zero attached hydrogens (tertiary/aromatic N) is 2. The molecule has 0 aliphatic carbocycles. The van der Waals surface area contributed by atoms with E-state index in [9.17, 15) is 9.59 Å². The van der Waals surface area contributed by atoms with E-state index in [2.05, 4.69) is 16.0 Å². The number of carbonyl (C=O) groups excluding carboxylic acids is 2. The lowest BCUT2D eigenvalue weighted by Gasteiger charge is -2.17. The molecule has 0 fully saturated rings. The summed E-state index contributed by atoms with van der Waals surface area (Å²) in [5.74, 6) is -0.167. The van der Waals surface area contributed by atoms with Gasteiger partial charge in [0, 0.05) is 36.9 Å². The molecule has 0 saturated heterocycles. The van der Waals surface area contributed by atoms with Gasteiger partial charge in [-0.3, -0.25) is 14.5 Å². The maximum atomic E-state index is 13.1. The zero-order valence-corrected chi connectivity index (χ0v) is 14.4. The number of benzene rings is 1. The van der Waals surface area contributed by atoms with Crippen LogP contribution >= 0.6 is 0 Å². The molecule has 130 valence electrons. The van der Waals surface area contributed by atoms with Crippen molar-refractivity contribution in [2.75, 3.05) is 11.9 Å². The van der Waals surface area contributed by atoms with Crippen LogP contribution in [-0.2, 0) is 16.6 Å². The highest BCUT2D eigenvalue weighted by molar-refractivity contribution is 6.11. The van der Waals surface area contributed by atoms with Crippen LogP contribution in [-0.4, -0.2) is 27.8 Å². The average molecular weight is 347 g/mol. The molecule has 6 heteroatoms. The van der Waals surface area contributed by atoms with Gasteiger partial charge in [-0.05, 0) is 29.8 Å². The van der Waals surface area contributed by atoms with E-state index >= 15 is 0 Å². The number of aryl methyl sites for hydroxylation is 1. The summed E-state index contributed by atoms with van der Waals surface area (Å²) in [7, 11) is 1.99. The molecule has 0 bridgehead atoms. The number of amides is 2. The van der Waals surface area contributed by atoms with Crippen molar-refractivity contribution in [3.63, 3.8) is 0 Å². The number of aromatic nitrogens is 1. The lowest BCUT2D eigenvalue weighted by Crippen LogP contribution is -2.33. The number of rotatable bonds is 1. The third kappa shape index (κ3) is 1.87. The molecule has 2 aliphatic rings. The molecule has 0 spiro atoms. The highest BCUT2D eigenvalue weighted by Gasteiger charge is 2.42. The highest BCUT2D eigenvalue weighted by Crippen LogP contribution is 2.46. The quantitative estimate of drug-likeness (QED) is 0.735. The van der Waals surface area contributed by atoms with Crippen LogP contribution in [0.25, 0.3) is 10.9 Å². The van der Waals surface area contributed by atoms with E-state index in [4.69, 9.17) is 4.42 Å². The van der Waals surface area contributed by atoms with Crippen LogP contribution in [0.4, 0.5) is 5.69 Å². The molecule has 1 aromatic carbocycles. The lowest BCUT2D eigenvalue weighted by molar-refractivity contribution is -0.139. The van der Waals surface area contributed by atoms with Crippen molar-refractivity contribution < 1.29 is 14.0 Å². The second-order valence-corrected chi connectivity index (χ2v) is 6.77. The number of hydrogen-bond donors (Lipinski definition) is 1. The van der Waals surface area contributed by atoms with Crippen LogP contribution in [0.1, 0.15) is 24.2 Å². The van der Waals surface area contributed by atoms with Gasteiger partial charge in [0.1, 0.15) is 5.76 Å². The molecular weight excluding hydrogens is 330 g/mol. The first-order valence-electron chi connectivity index (χ1n) is 8.50. The molecule has 4 heterocycles. The summed E-state index contributed by atoms with van der Waals surface area (Å²) < 4.78 is 7.76. The molecule has 5 rings (SSSR count). The molecule has 2 amide bonds. The molecule has 0 radical (unpaired) electrons. The Balaban J connectivity index is 1.82. The highest BCUT2D eigenvalue weighted by atomic mass is 16.3. The number of hydrogen-bond acceptors (Lipinski definition) is 4. The van der Waals surface area contributed by atoms with Crippen molar-refractivity contribution >= 4 is 28.4 Å². The zero-order valence-electron chi connectivity index (χ0n) is 14.4. The molecule has 1 N–H and O–H groups in total. The van der Waals surface area contributed by atoms with Crippen LogP contribution in [0.2, 0.25) is 0 Å². The van der Waals surface area contributed by atoms with Gasteiger partial charge in [0.15, 0.2) is 0 Å². The molecule has 2 aromatic heterocycles.